The maximum absolute atomic E-state index is 13.7. The molecule has 2 saturated heterocycles. The van der Waals surface area contributed by atoms with Crippen LogP contribution < -0.4 is 15.4 Å². The van der Waals surface area contributed by atoms with Crippen molar-refractivity contribution in [1.82, 2.24) is 14.9 Å². The minimum atomic E-state index is -0.552. The second kappa shape index (κ2) is 10.8. The molecule has 1 amide bonds. The summed E-state index contributed by atoms with van der Waals surface area (Å²) < 4.78 is 31.0. The molecule has 0 spiro atoms. The van der Waals surface area contributed by atoms with Crippen LogP contribution in [0, 0.1) is 5.82 Å². The standard InChI is InChI=1S/C27H31ClFN5O4/c1-27(2,3)38-26(35)34-8-6-17(13-34)32-23-11-19-22(12-24(23)37-18-7-9-36-14-18)30-15-31-25(19)33-16-4-5-21(29)20(28)10-16/h4-5,10-12,15,17-18,32H,6-9,13-14H2,1-3H3,(H,30,31,33). The Hall–Kier alpha value is -3.37. The van der Waals surface area contributed by atoms with Crippen molar-refractivity contribution in [1.29, 1.82) is 0 Å². The molecule has 1 aromatic heterocycles. The summed E-state index contributed by atoms with van der Waals surface area (Å²) in [5.41, 5.74) is 1.48. The molecule has 0 saturated carbocycles. The Morgan fingerprint density at radius 2 is 2.05 bits per heavy atom. The van der Waals surface area contributed by atoms with Gasteiger partial charge in [0.25, 0.3) is 0 Å². The molecule has 38 heavy (non-hydrogen) atoms. The third-order valence-electron chi connectivity index (χ3n) is 6.30. The molecule has 2 fully saturated rings. The number of carbonyl (C=O) groups excluding carboxylic acids is 1. The van der Waals surface area contributed by atoms with Gasteiger partial charge in [-0.05, 0) is 51.5 Å². The number of likely N-dealkylation sites (tertiary alicyclic amines) is 1. The monoisotopic (exact) mass is 543 g/mol. The highest BCUT2D eigenvalue weighted by Gasteiger charge is 2.30. The molecule has 0 radical (unpaired) electrons. The van der Waals surface area contributed by atoms with Crippen molar-refractivity contribution in [3.63, 3.8) is 0 Å². The van der Waals surface area contributed by atoms with Crippen LogP contribution in [0.2, 0.25) is 5.02 Å². The lowest BCUT2D eigenvalue weighted by molar-refractivity contribution is 0.0293. The molecule has 5 rings (SSSR count). The van der Waals surface area contributed by atoms with E-state index < -0.39 is 11.4 Å². The Balaban J connectivity index is 1.43. The Labute approximate surface area is 225 Å². The van der Waals surface area contributed by atoms with Gasteiger partial charge >= 0.3 is 6.09 Å². The molecular formula is C27H31ClFN5O4. The van der Waals surface area contributed by atoms with Crippen molar-refractivity contribution in [2.75, 3.05) is 36.9 Å². The summed E-state index contributed by atoms with van der Waals surface area (Å²) >= 11 is 5.97. The molecule has 202 valence electrons. The van der Waals surface area contributed by atoms with Gasteiger partial charge in [-0.25, -0.2) is 19.2 Å². The number of halogens is 2. The van der Waals surface area contributed by atoms with Crippen molar-refractivity contribution in [3.8, 4) is 5.75 Å². The molecule has 11 heteroatoms. The summed E-state index contributed by atoms with van der Waals surface area (Å²) in [6.07, 6.45) is 2.64. The molecular weight excluding hydrogens is 513 g/mol. The van der Waals surface area contributed by atoms with E-state index in [1.807, 2.05) is 32.9 Å². The van der Waals surface area contributed by atoms with Crippen LogP contribution in [0.5, 0.6) is 5.75 Å². The molecule has 2 N–H and O–H groups in total. The first-order valence-corrected chi connectivity index (χ1v) is 13.0. The van der Waals surface area contributed by atoms with E-state index in [0.29, 0.717) is 49.1 Å². The number of benzene rings is 2. The van der Waals surface area contributed by atoms with Crippen LogP contribution in [0.1, 0.15) is 33.6 Å². The number of nitrogens with one attached hydrogen (secondary N) is 2. The molecule has 2 unspecified atom stereocenters. The fourth-order valence-corrected chi connectivity index (χ4v) is 4.66. The van der Waals surface area contributed by atoms with Gasteiger partial charge in [-0.15, -0.1) is 0 Å². The summed E-state index contributed by atoms with van der Waals surface area (Å²) in [6, 6.07) is 8.21. The molecule has 2 atom stereocenters. The Morgan fingerprint density at radius 3 is 2.79 bits per heavy atom. The normalized spacial score (nSPS) is 19.6. The van der Waals surface area contributed by atoms with Crippen LogP contribution in [0.15, 0.2) is 36.7 Å². The number of carbonyl (C=O) groups is 1. The van der Waals surface area contributed by atoms with Gasteiger partial charge in [-0.3, -0.25) is 0 Å². The number of hydrogen-bond donors (Lipinski definition) is 2. The van der Waals surface area contributed by atoms with Gasteiger partial charge in [-0.2, -0.15) is 0 Å². The van der Waals surface area contributed by atoms with Gasteiger partial charge in [-0.1, -0.05) is 11.6 Å². The zero-order chi connectivity index (χ0) is 26.9. The fourth-order valence-electron chi connectivity index (χ4n) is 4.48. The van der Waals surface area contributed by atoms with E-state index in [4.69, 9.17) is 25.8 Å². The predicted molar refractivity (Wildman–Crippen MR) is 144 cm³/mol. The van der Waals surface area contributed by atoms with Crippen molar-refractivity contribution < 1.29 is 23.4 Å². The van der Waals surface area contributed by atoms with Gasteiger partial charge in [0, 0.05) is 42.7 Å². The average molecular weight is 544 g/mol. The zero-order valence-electron chi connectivity index (χ0n) is 21.6. The van der Waals surface area contributed by atoms with Gasteiger partial charge in [0.1, 0.15) is 35.4 Å². The SMILES string of the molecule is CC(C)(C)OC(=O)N1CCC(Nc2cc3c(Nc4ccc(F)c(Cl)c4)ncnc3cc2OC2CCOC2)C1. The maximum atomic E-state index is 13.7. The molecule has 2 aliphatic heterocycles. The zero-order valence-corrected chi connectivity index (χ0v) is 22.3. The number of nitrogens with zero attached hydrogens (tertiary/aromatic N) is 3. The van der Waals surface area contributed by atoms with Crippen LogP contribution in [-0.2, 0) is 9.47 Å². The Morgan fingerprint density at radius 1 is 1.21 bits per heavy atom. The lowest BCUT2D eigenvalue weighted by Gasteiger charge is -2.25. The van der Waals surface area contributed by atoms with Crippen LogP contribution in [0.4, 0.5) is 26.4 Å². The van der Waals surface area contributed by atoms with Crippen molar-refractivity contribution in [3.05, 3.63) is 47.5 Å². The first-order valence-electron chi connectivity index (χ1n) is 12.6. The second-order valence-corrected chi connectivity index (χ2v) is 10.9. The largest absolute Gasteiger partial charge is 0.486 e. The van der Waals surface area contributed by atoms with Gasteiger partial charge in [0.2, 0.25) is 0 Å². The van der Waals surface area contributed by atoms with Gasteiger partial charge in [0.05, 0.1) is 29.4 Å². The number of hydrogen-bond acceptors (Lipinski definition) is 8. The van der Waals surface area contributed by atoms with E-state index >= 15 is 0 Å². The minimum Gasteiger partial charge on any atom is -0.486 e. The lowest BCUT2D eigenvalue weighted by Crippen LogP contribution is -2.36. The van der Waals surface area contributed by atoms with E-state index in [-0.39, 0.29) is 23.3 Å². The third kappa shape index (κ3) is 6.19. The first kappa shape index (κ1) is 26.2. The number of amides is 1. The van der Waals surface area contributed by atoms with Gasteiger partial charge < -0.3 is 29.7 Å². The van der Waals surface area contributed by atoms with Crippen molar-refractivity contribution in [2.24, 2.45) is 0 Å². The number of fused-ring (bicyclic) bond motifs is 1. The third-order valence-corrected chi connectivity index (χ3v) is 6.59. The minimum absolute atomic E-state index is 0.000841. The van der Waals surface area contributed by atoms with E-state index in [2.05, 4.69) is 20.6 Å². The molecule has 3 heterocycles. The van der Waals surface area contributed by atoms with Crippen LogP contribution in [0.3, 0.4) is 0 Å². The summed E-state index contributed by atoms with van der Waals surface area (Å²) in [5.74, 6) is 0.697. The number of ether oxygens (including phenoxy) is 3. The first-order chi connectivity index (χ1) is 18.1. The molecule has 2 aromatic carbocycles. The summed E-state index contributed by atoms with van der Waals surface area (Å²) in [6.45, 7) is 7.85. The fraction of sp³-hybridized carbons (Fsp3) is 0.444. The lowest BCUT2D eigenvalue weighted by atomic mass is 10.1. The predicted octanol–water partition coefficient (Wildman–Crippen LogP) is 5.75. The van der Waals surface area contributed by atoms with Crippen LogP contribution in [0.25, 0.3) is 10.9 Å². The Bertz CT molecular complexity index is 1330. The molecule has 3 aromatic rings. The number of anilines is 3. The average Bonchev–Trinajstić information content (AvgIpc) is 3.54. The summed E-state index contributed by atoms with van der Waals surface area (Å²) in [5, 5.41) is 7.53. The quantitative estimate of drug-likeness (QED) is 0.405. The smallest absolute Gasteiger partial charge is 0.410 e. The molecule has 9 nitrogen and oxygen atoms in total. The topological polar surface area (TPSA) is 97.8 Å². The van der Waals surface area contributed by atoms with Crippen LogP contribution in [-0.4, -0.2) is 65.0 Å². The highest BCUT2D eigenvalue weighted by molar-refractivity contribution is 6.31. The summed E-state index contributed by atoms with van der Waals surface area (Å²) in [4.78, 5) is 23.1. The van der Waals surface area contributed by atoms with Gasteiger partial charge in [0.15, 0.2) is 0 Å². The van der Waals surface area contributed by atoms with Crippen LogP contribution >= 0.6 is 11.6 Å². The molecule has 2 aliphatic rings. The van der Waals surface area contributed by atoms with E-state index in [9.17, 15) is 9.18 Å². The highest BCUT2D eigenvalue weighted by atomic mass is 35.5. The van der Waals surface area contributed by atoms with Crippen molar-refractivity contribution in [2.45, 2.75) is 51.4 Å². The number of rotatable bonds is 6. The summed E-state index contributed by atoms with van der Waals surface area (Å²) in [7, 11) is 0. The van der Waals surface area contributed by atoms with E-state index in [1.165, 1.54) is 18.5 Å². The molecule has 0 aliphatic carbocycles. The number of aromatic nitrogens is 2. The Kier molecular flexibility index (Phi) is 7.45. The van der Waals surface area contributed by atoms with Crippen molar-refractivity contribution >= 4 is 45.8 Å². The highest BCUT2D eigenvalue weighted by Crippen LogP contribution is 2.36. The molecule has 0 bridgehead atoms. The second-order valence-electron chi connectivity index (χ2n) is 10.5. The van der Waals surface area contributed by atoms with E-state index in [0.717, 1.165) is 23.9 Å². The van der Waals surface area contributed by atoms with E-state index in [1.54, 1.807) is 11.0 Å². The maximum Gasteiger partial charge on any atom is 0.410 e.